The molecule has 1 aliphatic carbocycles. The van der Waals surface area contributed by atoms with Crippen molar-refractivity contribution in [3.05, 3.63) is 41.6 Å². The lowest BCUT2D eigenvalue weighted by Gasteiger charge is -2.35. The molecule has 138 valence electrons. The fourth-order valence-corrected chi connectivity index (χ4v) is 5.03. The van der Waals surface area contributed by atoms with Gasteiger partial charge in [-0.15, -0.1) is 11.8 Å². The zero-order valence-corrected chi connectivity index (χ0v) is 16.1. The average Bonchev–Trinajstić information content (AvgIpc) is 2.61. The van der Waals surface area contributed by atoms with E-state index in [-0.39, 0.29) is 0 Å². The molecule has 5 nitrogen and oxygen atoms in total. The molecule has 1 aromatic heterocycles. The third-order valence-corrected chi connectivity index (χ3v) is 7.01. The molecule has 4 N–H and O–H groups in total. The molecule has 0 radical (unpaired) electrons. The van der Waals surface area contributed by atoms with E-state index in [1.165, 1.54) is 10.5 Å². The molecule has 1 aliphatic heterocycles. The summed E-state index contributed by atoms with van der Waals surface area (Å²) in [5.74, 6) is 1.81. The predicted octanol–water partition coefficient (Wildman–Crippen LogP) is 3.33. The molecule has 1 saturated carbocycles. The van der Waals surface area contributed by atoms with Gasteiger partial charge in [-0.1, -0.05) is 18.2 Å². The third kappa shape index (κ3) is 3.81. The SMILES string of the molecule is Cc1ccccc1SC1CCN(c2cc(C3CC(N)C3)nc(N)n2)CC1. The van der Waals surface area contributed by atoms with E-state index in [0.717, 1.165) is 50.3 Å². The summed E-state index contributed by atoms with van der Waals surface area (Å²) in [6.07, 6.45) is 4.33. The van der Waals surface area contributed by atoms with E-state index in [2.05, 4.69) is 52.1 Å². The summed E-state index contributed by atoms with van der Waals surface area (Å²) in [4.78, 5) is 12.7. The second-order valence-electron chi connectivity index (χ2n) is 7.51. The first kappa shape index (κ1) is 17.6. The zero-order valence-electron chi connectivity index (χ0n) is 15.3. The van der Waals surface area contributed by atoms with E-state index in [0.29, 0.717) is 23.2 Å². The maximum atomic E-state index is 5.98. The molecule has 2 fully saturated rings. The smallest absolute Gasteiger partial charge is 0.222 e. The summed E-state index contributed by atoms with van der Waals surface area (Å²) >= 11 is 2.01. The predicted molar refractivity (Wildman–Crippen MR) is 109 cm³/mol. The molecule has 0 atom stereocenters. The molecule has 0 spiro atoms. The number of benzene rings is 1. The lowest BCUT2D eigenvalue weighted by atomic mass is 9.78. The number of anilines is 2. The minimum absolute atomic E-state index is 0.314. The van der Waals surface area contributed by atoms with Gasteiger partial charge in [0.05, 0.1) is 5.69 Å². The van der Waals surface area contributed by atoms with E-state index in [1.807, 2.05) is 11.8 Å². The molecule has 2 aromatic rings. The number of rotatable bonds is 4. The normalized spacial score (nSPS) is 23.7. The van der Waals surface area contributed by atoms with Gasteiger partial charge in [0.1, 0.15) is 5.82 Å². The fourth-order valence-electron chi connectivity index (χ4n) is 3.82. The van der Waals surface area contributed by atoms with Crippen LogP contribution in [0.3, 0.4) is 0 Å². The average molecular weight is 370 g/mol. The largest absolute Gasteiger partial charge is 0.368 e. The highest BCUT2D eigenvalue weighted by atomic mass is 32.2. The Labute approximate surface area is 159 Å². The Kier molecular flexibility index (Phi) is 5.05. The minimum Gasteiger partial charge on any atom is -0.368 e. The Morgan fingerprint density at radius 1 is 1.12 bits per heavy atom. The van der Waals surface area contributed by atoms with Crippen LogP contribution < -0.4 is 16.4 Å². The standard InChI is InChI=1S/C20H27N5S/c1-13-4-2-3-5-18(13)26-16-6-8-25(9-7-16)19-12-17(23-20(22)24-19)14-10-15(21)11-14/h2-5,12,14-16H,6-11,21H2,1H3,(H2,22,23,24). The van der Waals surface area contributed by atoms with Crippen LogP contribution in [-0.2, 0) is 0 Å². The Morgan fingerprint density at radius 3 is 2.54 bits per heavy atom. The minimum atomic E-state index is 0.314. The van der Waals surface area contributed by atoms with Gasteiger partial charge < -0.3 is 16.4 Å². The quantitative estimate of drug-likeness (QED) is 0.860. The van der Waals surface area contributed by atoms with Gasteiger partial charge in [-0.3, -0.25) is 0 Å². The van der Waals surface area contributed by atoms with Crippen LogP contribution in [0.5, 0.6) is 0 Å². The first-order valence-electron chi connectivity index (χ1n) is 9.46. The molecule has 2 heterocycles. The lowest BCUT2D eigenvalue weighted by molar-refractivity contribution is 0.345. The topological polar surface area (TPSA) is 81.1 Å². The third-order valence-electron chi connectivity index (χ3n) is 5.50. The van der Waals surface area contributed by atoms with E-state index in [1.54, 1.807) is 0 Å². The Balaban J connectivity index is 1.39. The van der Waals surface area contributed by atoms with Crippen LogP contribution in [0.25, 0.3) is 0 Å². The molecular formula is C20H27N5S. The number of hydrogen-bond donors (Lipinski definition) is 2. The number of nitrogen functional groups attached to an aromatic ring is 1. The molecule has 6 heteroatoms. The van der Waals surface area contributed by atoms with Crippen molar-refractivity contribution in [2.75, 3.05) is 23.7 Å². The van der Waals surface area contributed by atoms with Gasteiger partial charge in [-0.2, -0.15) is 4.98 Å². The van der Waals surface area contributed by atoms with Crippen LogP contribution in [0.15, 0.2) is 35.2 Å². The van der Waals surface area contributed by atoms with Gasteiger partial charge in [0, 0.05) is 41.3 Å². The molecular weight excluding hydrogens is 342 g/mol. The van der Waals surface area contributed by atoms with E-state index < -0.39 is 0 Å². The van der Waals surface area contributed by atoms with Crippen molar-refractivity contribution >= 4 is 23.5 Å². The fraction of sp³-hybridized carbons (Fsp3) is 0.500. The maximum absolute atomic E-state index is 5.98. The molecule has 4 rings (SSSR count). The van der Waals surface area contributed by atoms with Crippen molar-refractivity contribution in [2.24, 2.45) is 5.73 Å². The Morgan fingerprint density at radius 2 is 1.85 bits per heavy atom. The van der Waals surface area contributed by atoms with Gasteiger partial charge in [0.15, 0.2) is 0 Å². The number of aromatic nitrogens is 2. The molecule has 2 aliphatic rings. The number of piperidine rings is 1. The monoisotopic (exact) mass is 369 g/mol. The van der Waals surface area contributed by atoms with Gasteiger partial charge in [0.25, 0.3) is 0 Å². The van der Waals surface area contributed by atoms with E-state index >= 15 is 0 Å². The van der Waals surface area contributed by atoms with Gasteiger partial charge in [-0.25, -0.2) is 4.98 Å². The van der Waals surface area contributed by atoms with Gasteiger partial charge in [0.2, 0.25) is 5.95 Å². The summed E-state index contributed by atoms with van der Waals surface area (Å²) < 4.78 is 0. The van der Waals surface area contributed by atoms with Crippen molar-refractivity contribution < 1.29 is 0 Å². The van der Waals surface area contributed by atoms with Crippen molar-refractivity contribution in [3.63, 3.8) is 0 Å². The highest BCUT2D eigenvalue weighted by Crippen LogP contribution is 2.37. The number of nitrogens with zero attached hydrogens (tertiary/aromatic N) is 3. The first-order chi connectivity index (χ1) is 12.6. The maximum Gasteiger partial charge on any atom is 0.222 e. The van der Waals surface area contributed by atoms with Crippen LogP contribution >= 0.6 is 11.8 Å². The molecule has 1 saturated heterocycles. The van der Waals surface area contributed by atoms with Crippen LogP contribution in [0.4, 0.5) is 11.8 Å². The second-order valence-corrected chi connectivity index (χ2v) is 8.85. The van der Waals surface area contributed by atoms with E-state index in [9.17, 15) is 0 Å². The van der Waals surface area contributed by atoms with Crippen LogP contribution in [-0.4, -0.2) is 34.3 Å². The zero-order chi connectivity index (χ0) is 18.1. The van der Waals surface area contributed by atoms with Gasteiger partial charge >= 0.3 is 0 Å². The number of thioether (sulfide) groups is 1. The molecule has 26 heavy (non-hydrogen) atoms. The van der Waals surface area contributed by atoms with Gasteiger partial charge in [-0.05, 0) is 44.2 Å². The van der Waals surface area contributed by atoms with Crippen molar-refractivity contribution in [2.45, 2.75) is 54.7 Å². The number of nitrogens with two attached hydrogens (primary N) is 2. The Bertz CT molecular complexity index is 767. The Hall–Kier alpha value is -1.79. The van der Waals surface area contributed by atoms with Crippen molar-refractivity contribution in [3.8, 4) is 0 Å². The molecule has 0 unspecified atom stereocenters. The van der Waals surface area contributed by atoms with Crippen molar-refractivity contribution in [1.29, 1.82) is 0 Å². The summed E-state index contributed by atoms with van der Waals surface area (Å²) in [5.41, 5.74) is 14.3. The van der Waals surface area contributed by atoms with Crippen LogP contribution in [0.2, 0.25) is 0 Å². The lowest BCUT2D eigenvalue weighted by Crippen LogP contribution is -2.37. The summed E-state index contributed by atoms with van der Waals surface area (Å²) in [6, 6.07) is 11.1. The van der Waals surface area contributed by atoms with Crippen molar-refractivity contribution in [1.82, 2.24) is 9.97 Å². The second kappa shape index (κ2) is 7.45. The molecule has 1 aromatic carbocycles. The summed E-state index contributed by atoms with van der Waals surface area (Å²) in [7, 11) is 0. The van der Waals surface area contributed by atoms with Crippen LogP contribution in [0, 0.1) is 6.92 Å². The number of hydrogen-bond acceptors (Lipinski definition) is 6. The highest BCUT2D eigenvalue weighted by Gasteiger charge is 2.30. The molecule has 0 bridgehead atoms. The molecule has 0 amide bonds. The van der Waals surface area contributed by atoms with Crippen LogP contribution in [0.1, 0.15) is 42.9 Å². The highest BCUT2D eigenvalue weighted by molar-refractivity contribution is 8.00. The summed E-state index contributed by atoms with van der Waals surface area (Å²) in [6.45, 7) is 4.22. The van der Waals surface area contributed by atoms with E-state index in [4.69, 9.17) is 11.5 Å². The first-order valence-corrected chi connectivity index (χ1v) is 10.3. The summed E-state index contributed by atoms with van der Waals surface area (Å²) in [5, 5.41) is 0.663. The number of aryl methyl sites for hydroxylation is 1.